The Labute approximate surface area is 156 Å². The average Bonchev–Trinajstić information content (AvgIpc) is 3.19. The van der Waals surface area contributed by atoms with Crippen molar-refractivity contribution >= 4 is 40.0 Å². The molecule has 1 saturated heterocycles. The fraction of sp³-hybridized carbons (Fsp3) is 0.200. The molecular formula is C20H18ClN3O2. The second kappa shape index (κ2) is 6.84. The lowest BCUT2D eigenvalue weighted by Gasteiger charge is -2.17. The summed E-state index contributed by atoms with van der Waals surface area (Å²) < 4.78 is 1.91. The Bertz CT molecular complexity index is 982. The highest BCUT2D eigenvalue weighted by Crippen LogP contribution is 2.24. The van der Waals surface area contributed by atoms with Gasteiger partial charge in [0.1, 0.15) is 6.54 Å². The average molecular weight is 368 g/mol. The van der Waals surface area contributed by atoms with E-state index in [-0.39, 0.29) is 24.4 Å². The predicted octanol–water partition coefficient (Wildman–Crippen LogP) is 3.22. The summed E-state index contributed by atoms with van der Waals surface area (Å²) >= 11 is 6.01. The summed E-state index contributed by atoms with van der Waals surface area (Å²) in [6.45, 7) is 0.687. The number of amides is 2. The summed E-state index contributed by atoms with van der Waals surface area (Å²) in [5.74, 6) is -0.110. The van der Waals surface area contributed by atoms with Crippen molar-refractivity contribution in [2.24, 2.45) is 0 Å². The molecule has 2 aromatic carbocycles. The third-order valence-electron chi connectivity index (χ3n) is 4.60. The van der Waals surface area contributed by atoms with Crippen LogP contribution >= 0.6 is 11.6 Å². The van der Waals surface area contributed by atoms with Gasteiger partial charge >= 0.3 is 0 Å². The molecule has 1 aromatic heterocycles. The highest BCUT2D eigenvalue weighted by molar-refractivity contribution is 6.30. The minimum Gasteiger partial charge on any atom is -0.349 e. The molecule has 0 bridgehead atoms. The number of benzene rings is 2. The Morgan fingerprint density at radius 3 is 2.85 bits per heavy atom. The standard InChI is InChI=1S/C20H18ClN3O2/c21-15-5-3-6-17(10-15)24-12-16(11-20(24)26)22-19(25)13-23-9-8-14-4-1-2-7-18(14)23/h1-10,16H,11-13H2,(H,22,25)/t16-/m0/s1. The molecule has 1 aliphatic heterocycles. The number of halogens is 1. The molecule has 0 saturated carbocycles. The minimum atomic E-state index is -0.198. The van der Waals surface area contributed by atoms with Gasteiger partial charge in [-0.2, -0.15) is 0 Å². The number of anilines is 1. The molecule has 1 fully saturated rings. The van der Waals surface area contributed by atoms with Crippen LogP contribution in [0.15, 0.2) is 60.8 Å². The van der Waals surface area contributed by atoms with Gasteiger partial charge in [0, 0.05) is 35.4 Å². The first-order valence-corrected chi connectivity index (χ1v) is 8.87. The van der Waals surface area contributed by atoms with Crippen LogP contribution in [0.25, 0.3) is 10.9 Å². The first-order chi connectivity index (χ1) is 12.6. The smallest absolute Gasteiger partial charge is 0.240 e. The molecule has 6 heteroatoms. The highest BCUT2D eigenvalue weighted by atomic mass is 35.5. The van der Waals surface area contributed by atoms with Crippen LogP contribution in [0.2, 0.25) is 5.02 Å². The van der Waals surface area contributed by atoms with Crippen LogP contribution in [0.4, 0.5) is 5.69 Å². The van der Waals surface area contributed by atoms with Crippen LogP contribution in [-0.4, -0.2) is 29.0 Å². The van der Waals surface area contributed by atoms with Gasteiger partial charge in [-0.05, 0) is 35.7 Å². The number of nitrogens with zero attached hydrogens (tertiary/aromatic N) is 2. The number of hydrogen-bond donors (Lipinski definition) is 1. The number of carbonyl (C=O) groups is 2. The Balaban J connectivity index is 1.41. The molecule has 0 radical (unpaired) electrons. The van der Waals surface area contributed by atoms with E-state index in [1.165, 1.54) is 0 Å². The lowest BCUT2D eigenvalue weighted by molar-refractivity contribution is -0.122. The zero-order chi connectivity index (χ0) is 18.1. The number of fused-ring (bicyclic) bond motifs is 1. The lowest BCUT2D eigenvalue weighted by atomic mass is 10.2. The summed E-state index contributed by atoms with van der Waals surface area (Å²) in [5, 5.41) is 4.66. The van der Waals surface area contributed by atoms with Crippen LogP contribution in [-0.2, 0) is 16.1 Å². The molecule has 0 spiro atoms. The summed E-state index contributed by atoms with van der Waals surface area (Å²) in [5.41, 5.74) is 1.78. The molecule has 4 rings (SSSR count). The Morgan fingerprint density at radius 2 is 2.00 bits per heavy atom. The van der Waals surface area contributed by atoms with Gasteiger partial charge in [0.2, 0.25) is 11.8 Å². The van der Waals surface area contributed by atoms with E-state index in [2.05, 4.69) is 5.32 Å². The van der Waals surface area contributed by atoms with Crippen LogP contribution in [0.3, 0.4) is 0 Å². The van der Waals surface area contributed by atoms with Crippen molar-refractivity contribution in [1.29, 1.82) is 0 Å². The number of hydrogen-bond acceptors (Lipinski definition) is 2. The second-order valence-electron chi connectivity index (χ2n) is 6.46. The van der Waals surface area contributed by atoms with E-state index in [1.807, 2.05) is 53.2 Å². The number of para-hydroxylation sites is 1. The van der Waals surface area contributed by atoms with Crippen LogP contribution in [0.5, 0.6) is 0 Å². The van der Waals surface area contributed by atoms with Gasteiger partial charge in [-0.15, -0.1) is 0 Å². The molecule has 1 N–H and O–H groups in total. The van der Waals surface area contributed by atoms with E-state index < -0.39 is 0 Å². The number of nitrogens with one attached hydrogen (secondary N) is 1. The zero-order valence-electron chi connectivity index (χ0n) is 14.1. The molecule has 0 unspecified atom stereocenters. The van der Waals surface area contributed by atoms with Crippen molar-refractivity contribution in [3.8, 4) is 0 Å². The maximum absolute atomic E-state index is 12.4. The van der Waals surface area contributed by atoms with Crippen LogP contribution in [0, 0.1) is 0 Å². The maximum atomic E-state index is 12.4. The number of carbonyl (C=O) groups excluding carboxylic acids is 2. The summed E-state index contributed by atoms with van der Waals surface area (Å²) in [4.78, 5) is 26.4. The summed E-state index contributed by atoms with van der Waals surface area (Å²) in [6.07, 6.45) is 2.20. The van der Waals surface area contributed by atoms with Crippen molar-refractivity contribution in [3.63, 3.8) is 0 Å². The third kappa shape index (κ3) is 3.30. The van der Waals surface area contributed by atoms with E-state index in [0.717, 1.165) is 16.6 Å². The minimum absolute atomic E-state index is 0.0102. The molecule has 5 nitrogen and oxygen atoms in total. The van der Waals surface area contributed by atoms with Crippen molar-refractivity contribution in [2.45, 2.75) is 19.0 Å². The van der Waals surface area contributed by atoms with Crippen molar-refractivity contribution in [1.82, 2.24) is 9.88 Å². The van der Waals surface area contributed by atoms with Gasteiger partial charge in [0.15, 0.2) is 0 Å². The van der Waals surface area contributed by atoms with Crippen molar-refractivity contribution < 1.29 is 9.59 Å². The number of rotatable bonds is 4. The fourth-order valence-corrected chi connectivity index (χ4v) is 3.59. The SMILES string of the molecule is O=C(Cn1ccc2ccccc21)N[C@H]1CC(=O)N(c2cccc(Cl)c2)C1. The molecule has 2 amide bonds. The molecule has 1 atom stereocenters. The van der Waals surface area contributed by atoms with Gasteiger partial charge in [0.05, 0.1) is 6.04 Å². The highest BCUT2D eigenvalue weighted by Gasteiger charge is 2.31. The van der Waals surface area contributed by atoms with Crippen LogP contribution < -0.4 is 10.2 Å². The van der Waals surface area contributed by atoms with E-state index in [0.29, 0.717) is 18.0 Å². The third-order valence-corrected chi connectivity index (χ3v) is 4.84. The van der Waals surface area contributed by atoms with Crippen LogP contribution in [0.1, 0.15) is 6.42 Å². The van der Waals surface area contributed by atoms with E-state index >= 15 is 0 Å². The van der Waals surface area contributed by atoms with Gasteiger partial charge in [-0.1, -0.05) is 35.9 Å². The first kappa shape index (κ1) is 16.7. The Morgan fingerprint density at radius 1 is 1.15 bits per heavy atom. The molecule has 1 aliphatic rings. The molecule has 2 heterocycles. The van der Waals surface area contributed by atoms with E-state index in [4.69, 9.17) is 11.6 Å². The monoisotopic (exact) mass is 367 g/mol. The molecule has 0 aliphatic carbocycles. The van der Waals surface area contributed by atoms with Gasteiger partial charge in [-0.25, -0.2) is 0 Å². The quantitative estimate of drug-likeness (QED) is 0.769. The van der Waals surface area contributed by atoms with Gasteiger partial charge < -0.3 is 14.8 Å². The fourth-order valence-electron chi connectivity index (χ4n) is 3.40. The Hall–Kier alpha value is -2.79. The topological polar surface area (TPSA) is 54.3 Å². The van der Waals surface area contributed by atoms with Crippen molar-refractivity contribution in [3.05, 3.63) is 65.8 Å². The number of aromatic nitrogens is 1. The summed E-state index contributed by atoms with van der Waals surface area (Å²) in [6, 6.07) is 16.9. The van der Waals surface area contributed by atoms with E-state index in [1.54, 1.807) is 17.0 Å². The second-order valence-corrected chi connectivity index (χ2v) is 6.89. The molecule has 3 aromatic rings. The Kier molecular flexibility index (Phi) is 4.39. The van der Waals surface area contributed by atoms with E-state index in [9.17, 15) is 9.59 Å². The molecule has 26 heavy (non-hydrogen) atoms. The molecular weight excluding hydrogens is 350 g/mol. The normalized spacial score (nSPS) is 17.0. The van der Waals surface area contributed by atoms with Gasteiger partial charge in [-0.3, -0.25) is 9.59 Å². The zero-order valence-corrected chi connectivity index (χ0v) is 14.8. The maximum Gasteiger partial charge on any atom is 0.240 e. The predicted molar refractivity (Wildman–Crippen MR) is 102 cm³/mol. The summed E-state index contributed by atoms with van der Waals surface area (Å²) in [7, 11) is 0. The molecule has 132 valence electrons. The first-order valence-electron chi connectivity index (χ1n) is 8.49. The van der Waals surface area contributed by atoms with Gasteiger partial charge in [0.25, 0.3) is 0 Å². The van der Waals surface area contributed by atoms with Crippen molar-refractivity contribution in [2.75, 3.05) is 11.4 Å². The lowest BCUT2D eigenvalue weighted by Crippen LogP contribution is -2.38. The largest absolute Gasteiger partial charge is 0.349 e.